The number of para-hydroxylation sites is 1. The van der Waals surface area contributed by atoms with Gasteiger partial charge in [-0.2, -0.15) is 0 Å². The summed E-state index contributed by atoms with van der Waals surface area (Å²) >= 11 is 6.65. The van der Waals surface area contributed by atoms with Crippen molar-refractivity contribution in [3.63, 3.8) is 0 Å². The normalized spacial score (nSPS) is 14.2. The highest BCUT2D eigenvalue weighted by molar-refractivity contribution is 8.27. The van der Waals surface area contributed by atoms with E-state index in [9.17, 15) is 14.4 Å². The van der Waals surface area contributed by atoms with Crippen LogP contribution in [-0.4, -0.2) is 32.7 Å². The minimum absolute atomic E-state index is 0.216. The van der Waals surface area contributed by atoms with Crippen LogP contribution in [0, 0.1) is 13.8 Å². The molecule has 10 heteroatoms. The van der Waals surface area contributed by atoms with Crippen LogP contribution in [0.1, 0.15) is 27.2 Å². The summed E-state index contributed by atoms with van der Waals surface area (Å²) in [6.07, 6.45) is 1.67. The second-order valence-corrected chi connectivity index (χ2v) is 10.8. The predicted octanol–water partition coefficient (Wildman–Crippen LogP) is 5.43. The number of thiocarbonyl (C=S) groups is 1. The van der Waals surface area contributed by atoms with E-state index < -0.39 is 11.9 Å². The van der Waals surface area contributed by atoms with Crippen LogP contribution in [0.2, 0.25) is 0 Å². The molecule has 1 aliphatic rings. The molecule has 1 aromatic heterocycles. The molecule has 0 spiro atoms. The van der Waals surface area contributed by atoms with E-state index in [1.807, 2.05) is 43.3 Å². The second-order valence-electron chi connectivity index (χ2n) is 9.10. The van der Waals surface area contributed by atoms with E-state index in [0.29, 0.717) is 33.2 Å². The molecule has 0 atom stereocenters. The molecule has 0 N–H and O–H groups in total. The lowest BCUT2D eigenvalue weighted by Crippen LogP contribution is -2.33. The minimum atomic E-state index is -0.505. The summed E-state index contributed by atoms with van der Waals surface area (Å²) in [5.41, 5.74) is 3.17. The molecule has 1 aliphatic heterocycles. The van der Waals surface area contributed by atoms with Gasteiger partial charge in [-0.1, -0.05) is 65.9 Å². The number of nitrogens with zero attached hydrogens (tertiary/aromatic N) is 3. The number of methoxy groups -OCH3 is 1. The Hall–Kier alpha value is -4.41. The molecular formula is C30H25N3O5S2. The Bertz CT molecular complexity index is 1750. The van der Waals surface area contributed by atoms with Crippen LogP contribution in [0.3, 0.4) is 0 Å². The van der Waals surface area contributed by atoms with Crippen LogP contribution in [-0.2, 0) is 11.8 Å². The Morgan fingerprint density at radius 3 is 2.40 bits per heavy atom. The number of hydrogen-bond donors (Lipinski definition) is 0. The molecule has 0 unspecified atom stereocenters. The van der Waals surface area contributed by atoms with Gasteiger partial charge < -0.3 is 9.47 Å². The summed E-state index contributed by atoms with van der Waals surface area (Å²) in [7, 11) is 3.23. The van der Waals surface area contributed by atoms with E-state index in [1.165, 1.54) is 16.7 Å². The largest absolute Gasteiger partial charge is 0.493 e. The molecule has 2 heterocycles. The lowest BCUT2D eigenvalue weighted by Gasteiger charge is -2.12. The van der Waals surface area contributed by atoms with Gasteiger partial charge in [0.05, 0.1) is 29.0 Å². The number of ether oxygens (including phenoxy) is 2. The van der Waals surface area contributed by atoms with Gasteiger partial charge in [0.25, 0.3) is 11.5 Å². The van der Waals surface area contributed by atoms with Gasteiger partial charge in [-0.25, -0.2) is 9.48 Å². The number of thioether (sulfide) groups is 1. The predicted molar refractivity (Wildman–Crippen MR) is 161 cm³/mol. The first kappa shape index (κ1) is 27.2. The number of carbonyl (C=O) groups is 2. The molecule has 3 aromatic carbocycles. The van der Waals surface area contributed by atoms with Gasteiger partial charge in [-0.15, -0.1) is 0 Å². The van der Waals surface area contributed by atoms with Crippen LogP contribution in [0.5, 0.6) is 11.5 Å². The monoisotopic (exact) mass is 571 g/mol. The van der Waals surface area contributed by atoms with Crippen LogP contribution in [0.4, 0.5) is 5.69 Å². The Kier molecular flexibility index (Phi) is 7.46. The Morgan fingerprint density at radius 2 is 1.70 bits per heavy atom. The van der Waals surface area contributed by atoms with Crippen molar-refractivity contribution in [2.45, 2.75) is 13.8 Å². The highest BCUT2D eigenvalue weighted by Gasteiger charge is 2.37. The van der Waals surface area contributed by atoms with Gasteiger partial charge in [0.15, 0.2) is 15.8 Å². The highest BCUT2D eigenvalue weighted by atomic mass is 32.2. The first-order valence-electron chi connectivity index (χ1n) is 12.3. The fourth-order valence-electron chi connectivity index (χ4n) is 4.41. The summed E-state index contributed by atoms with van der Waals surface area (Å²) in [6, 6.07) is 21.3. The van der Waals surface area contributed by atoms with Gasteiger partial charge in [0.1, 0.15) is 5.69 Å². The summed E-state index contributed by atoms with van der Waals surface area (Å²) in [4.78, 5) is 41.3. The number of benzene rings is 3. The van der Waals surface area contributed by atoms with E-state index >= 15 is 0 Å². The summed E-state index contributed by atoms with van der Waals surface area (Å²) in [6.45, 7) is 3.67. The highest BCUT2D eigenvalue weighted by Crippen LogP contribution is 2.37. The standard InChI is InChI=1S/C30H25N3O5S2/c1-18-9-8-10-21(15-18)29(36)38-23-14-13-20(16-24(23)37-4)17-25-27(34)32(30(39)40-25)26-19(2)31(3)33(28(26)35)22-11-6-5-7-12-22/h5-17H,1-4H3. The van der Waals surface area contributed by atoms with E-state index in [2.05, 4.69) is 0 Å². The van der Waals surface area contributed by atoms with Crippen molar-refractivity contribution in [3.8, 4) is 17.2 Å². The number of amides is 1. The molecule has 202 valence electrons. The zero-order chi connectivity index (χ0) is 28.6. The van der Waals surface area contributed by atoms with Crippen LogP contribution >= 0.6 is 24.0 Å². The zero-order valence-electron chi connectivity index (χ0n) is 22.2. The van der Waals surface area contributed by atoms with Gasteiger partial charge in [0.2, 0.25) is 0 Å². The Morgan fingerprint density at radius 1 is 0.950 bits per heavy atom. The van der Waals surface area contributed by atoms with Crippen LogP contribution in [0.25, 0.3) is 11.8 Å². The van der Waals surface area contributed by atoms with Gasteiger partial charge in [-0.3, -0.25) is 19.2 Å². The van der Waals surface area contributed by atoms with Gasteiger partial charge >= 0.3 is 5.97 Å². The molecule has 8 nitrogen and oxygen atoms in total. The number of rotatable bonds is 6. The summed E-state index contributed by atoms with van der Waals surface area (Å²) in [5, 5.41) is 0. The third-order valence-corrected chi connectivity index (χ3v) is 7.79. The molecule has 1 amide bonds. The van der Waals surface area contributed by atoms with E-state index in [0.717, 1.165) is 17.3 Å². The molecule has 0 radical (unpaired) electrons. The maximum Gasteiger partial charge on any atom is 0.343 e. The average Bonchev–Trinajstić information content (AvgIpc) is 3.34. The fourth-order valence-corrected chi connectivity index (χ4v) is 5.68. The lowest BCUT2D eigenvalue weighted by molar-refractivity contribution is -0.113. The van der Waals surface area contributed by atoms with E-state index in [1.54, 1.807) is 61.1 Å². The molecule has 1 saturated heterocycles. The van der Waals surface area contributed by atoms with E-state index in [-0.39, 0.29) is 21.3 Å². The smallest absolute Gasteiger partial charge is 0.343 e. The molecule has 0 bridgehead atoms. The fraction of sp³-hybridized carbons (Fsp3) is 0.133. The summed E-state index contributed by atoms with van der Waals surface area (Å²) < 4.78 is 14.5. The number of aryl methyl sites for hydroxylation is 1. The number of carbonyl (C=O) groups excluding carboxylic acids is 2. The molecule has 0 saturated carbocycles. The topological polar surface area (TPSA) is 82.8 Å². The van der Waals surface area contributed by atoms with Crippen molar-refractivity contribution in [2.24, 2.45) is 7.05 Å². The maximum atomic E-state index is 13.5. The number of aromatic nitrogens is 2. The quantitative estimate of drug-likeness (QED) is 0.132. The number of esters is 1. The lowest BCUT2D eigenvalue weighted by atomic mass is 10.1. The van der Waals surface area contributed by atoms with Crippen molar-refractivity contribution in [1.29, 1.82) is 0 Å². The number of hydrogen-bond acceptors (Lipinski definition) is 7. The third kappa shape index (κ3) is 4.99. The van der Waals surface area contributed by atoms with Crippen molar-refractivity contribution in [3.05, 3.63) is 110 Å². The molecule has 1 fully saturated rings. The molecule has 0 aliphatic carbocycles. The zero-order valence-corrected chi connectivity index (χ0v) is 23.8. The third-order valence-electron chi connectivity index (χ3n) is 6.48. The minimum Gasteiger partial charge on any atom is -0.493 e. The Labute approximate surface area is 240 Å². The first-order chi connectivity index (χ1) is 19.2. The van der Waals surface area contributed by atoms with Crippen molar-refractivity contribution >= 4 is 51.9 Å². The van der Waals surface area contributed by atoms with Crippen molar-refractivity contribution < 1.29 is 19.1 Å². The van der Waals surface area contributed by atoms with Gasteiger partial charge in [0, 0.05) is 7.05 Å². The molecule has 4 aromatic rings. The van der Waals surface area contributed by atoms with Gasteiger partial charge in [-0.05, 0) is 61.9 Å². The molecular weight excluding hydrogens is 546 g/mol. The second kappa shape index (κ2) is 11.0. The summed E-state index contributed by atoms with van der Waals surface area (Å²) in [5.74, 6) is -0.320. The Balaban J connectivity index is 1.43. The maximum absolute atomic E-state index is 13.5. The average molecular weight is 572 g/mol. The number of anilines is 1. The molecule has 5 rings (SSSR count). The first-order valence-corrected chi connectivity index (χ1v) is 13.5. The van der Waals surface area contributed by atoms with E-state index in [4.69, 9.17) is 21.7 Å². The van der Waals surface area contributed by atoms with Crippen LogP contribution in [0.15, 0.2) is 82.5 Å². The molecule has 40 heavy (non-hydrogen) atoms. The van der Waals surface area contributed by atoms with Crippen LogP contribution < -0.4 is 19.9 Å². The van der Waals surface area contributed by atoms with Crippen molar-refractivity contribution in [2.75, 3.05) is 12.0 Å². The SMILES string of the molecule is COc1cc(C=C2SC(=S)N(c3c(C)n(C)n(-c4ccccc4)c3=O)C2=O)ccc1OC(=O)c1cccc(C)c1. The van der Waals surface area contributed by atoms with Crippen molar-refractivity contribution in [1.82, 2.24) is 9.36 Å².